The second-order valence-electron chi connectivity index (χ2n) is 6.03. The van der Waals surface area contributed by atoms with Crippen LogP contribution < -0.4 is 10.2 Å². The van der Waals surface area contributed by atoms with Gasteiger partial charge in [-0.3, -0.25) is 4.79 Å². The molecule has 1 aromatic carbocycles. The molecule has 3 rings (SSSR count). The molecule has 0 spiro atoms. The van der Waals surface area contributed by atoms with Gasteiger partial charge in [0.05, 0.1) is 0 Å². The Morgan fingerprint density at radius 2 is 2.00 bits per heavy atom. The summed E-state index contributed by atoms with van der Waals surface area (Å²) in [7, 11) is 0. The summed E-state index contributed by atoms with van der Waals surface area (Å²) in [5, 5.41) is 3.18. The molecule has 4 heteroatoms. The number of benzene rings is 1. The monoisotopic (exact) mass is 309 g/mol. The molecule has 1 saturated heterocycles. The number of amides is 1. The zero-order valence-electron chi connectivity index (χ0n) is 13.3. The summed E-state index contributed by atoms with van der Waals surface area (Å²) in [6, 6.07) is 16.3. The quantitative estimate of drug-likeness (QED) is 0.924. The zero-order valence-corrected chi connectivity index (χ0v) is 13.3. The Morgan fingerprint density at radius 1 is 1.17 bits per heavy atom. The normalized spacial score (nSPS) is 17.7. The minimum absolute atomic E-state index is 0.140. The fourth-order valence-electron chi connectivity index (χ4n) is 3.05. The molecular weight excluding hydrogens is 286 g/mol. The van der Waals surface area contributed by atoms with Gasteiger partial charge in [0.25, 0.3) is 0 Å². The van der Waals surface area contributed by atoms with Crippen LogP contribution in [0.2, 0.25) is 0 Å². The third-order valence-electron chi connectivity index (χ3n) is 4.24. The second kappa shape index (κ2) is 7.77. The summed E-state index contributed by atoms with van der Waals surface area (Å²) in [4.78, 5) is 18.8. The van der Waals surface area contributed by atoms with E-state index in [4.69, 9.17) is 0 Å². The van der Waals surface area contributed by atoms with Crippen molar-refractivity contribution < 1.29 is 4.79 Å². The van der Waals surface area contributed by atoms with Crippen molar-refractivity contribution >= 4 is 11.7 Å². The zero-order chi connectivity index (χ0) is 15.9. The van der Waals surface area contributed by atoms with Crippen LogP contribution in [0.3, 0.4) is 0 Å². The molecule has 1 fully saturated rings. The average Bonchev–Trinajstić information content (AvgIpc) is 2.62. The Balaban J connectivity index is 1.48. The van der Waals surface area contributed by atoms with E-state index in [0.29, 0.717) is 6.42 Å². The molecule has 1 amide bonds. The second-order valence-corrected chi connectivity index (χ2v) is 6.03. The van der Waals surface area contributed by atoms with Crippen LogP contribution in [0.15, 0.2) is 54.7 Å². The van der Waals surface area contributed by atoms with E-state index in [2.05, 4.69) is 27.3 Å². The lowest BCUT2D eigenvalue weighted by Gasteiger charge is -2.34. The SMILES string of the molecule is O=C(CCc1ccccc1)N[C@@H]1CCCN(c2ccccn2)C1. The maximum Gasteiger partial charge on any atom is 0.220 e. The number of carbonyl (C=O) groups is 1. The van der Waals surface area contributed by atoms with Gasteiger partial charge in [-0.15, -0.1) is 0 Å². The minimum Gasteiger partial charge on any atom is -0.355 e. The predicted molar refractivity (Wildman–Crippen MR) is 92.4 cm³/mol. The van der Waals surface area contributed by atoms with Crippen molar-refractivity contribution in [3.8, 4) is 0 Å². The van der Waals surface area contributed by atoms with Gasteiger partial charge in [-0.25, -0.2) is 4.98 Å². The fraction of sp³-hybridized carbons (Fsp3) is 0.368. The summed E-state index contributed by atoms with van der Waals surface area (Å²) < 4.78 is 0. The highest BCUT2D eigenvalue weighted by atomic mass is 16.1. The molecule has 23 heavy (non-hydrogen) atoms. The molecule has 0 aliphatic carbocycles. The van der Waals surface area contributed by atoms with Crippen LogP contribution >= 0.6 is 0 Å². The molecule has 2 heterocycles. The highest BCUT2D eigenvalue weighted by molar-refractivity contribution is 5.76. The van der Waals surface area contributed by atoms with Gasteiger partial charge in [-0.2, -0.15) is 0 Å². The largest absolute Gasteiger partial charge is 0.355 e. The first-order valence-corrected chi connectivity index (χ1v) is 8.30. The van der Waals surface area contributed by atoms with Crippen molar-refractivity contribution in [2.24, 2.45) is 0 Å². The molecule has 0 bridgehead atoms. The lowest BCUT2D eigenvalue weighted by Crippen LogP contribution is -2.48. The van der Waals surface area contributed by atoms with Gasteiger partial charge in [-0.05, 0) is 37.0 Å². The number of hydrogen-bond donors (Lipinski definition) is 1. The van der Waals surface area contributed by atoms with Crippen molar-refractivity contribution in [3.63, 3.8) is 0 Å². The number of rotatable bonds is 5. The smallest absolute Gasteiger partial charge is 0.220 e. The van der Waals surface area contributed by atoms with Crippen molar-refractivity contribution in [2.75, 3.05) is 18.0 Å². The summed E-state index contributed by atoms with van der Waals surface area (Å²) in [6.07, 6.45) is 5.28. The first kappa shape index (κ1) is 15.5. The first-order valence-electron chi connectivity index (χ1n) is 8.30. The maximum absolute atomic E-state index is 12.2. The molecule has 0 saturated carbocycles. The number of hydrogen-bond acceptors (Lipinski definition) is 3. The van der Waals surface area contributed by atoms with Gasteiger partial charge < -0.3 is 10.2 Å². The van der Waals surface area contributed by atoms with Crippen LogP contribution in [0.25, 0.3) is 0 Å². The molecule has 0 unspecified atom stereocenters. The van der Waals surface area contributed by atoms with Crippen LogP contribution in [0.5, 0.6) is 0 Å². The number of pyridine rings is 1. The van der Waals surface area contributed by atoms with Gasteiger partial charge >= 0.3 is 0 Å². The third kappa shape index (κ3) is 4.55. The molecule has 4 nitrogen and oxygen atoms in total. The van der Waals surface area contributed by atoms with Crippen LogP contribution in [0.4, 0.5) is 5.82 Å². The van der Waals surface area contributed by atoms with Gasteiger partial charge in [-0.1, -0.05) is 36.4 Å². The summed E-state index contributed by atoms with van der Waals surface area (Å²) >= 11 is 0. The first-order chi connectivity index (χ1) is 11.3. The number of nitrogens with one attached hydrogen (secondary N) is 1. The Morgan fingerprint density at radius 3 is 2.78 bits per heavy atom. The highest BCUT2D eigenvalue weighted by Crippen LogP contribution is 2.17. The standard InChI is InChI=1S/C19H23N3O/c23-19(12-11-16-7-2-1-3-8-16)21-17-9-6-14-22(15-17)18-10-4-5-13-20-18/h1-5,7-8,10,13,17H,6,9,11-12,14-15H2,(H,21,23)/t17-/m1/s1. The molecule has 120 valence electrons. The molecule has 2 aromatic rings. The average molecular weight is 309 g/mol. The summed E-state index contributed by atoms with van der Waals surface area (Å²) in [5.41, 5.74) is 1.21. The van der Waals surface area contributed by atoms with E-state index in [-0.39, 0.29) is 11.9 Å². The maximum atomic E-state index is 12.2. The van der Waals surface area contributed by atoms with Gasteiger partial charge in [0, 0.05) is 31.7 Å². The third-order valence-corrected chi connectivity index (χ3v) is 4.24. The van der Waals surface area contributed by atoms with Gasteiger partial charge in [0.2, 0.25) is 5.91 Å². The van der Waals surface area contributed by atoms with Crippen molar-refractivity contribution in [2.45, 2.75) is 31.7 Å². The molecular formula is C19H23N3O. The van der Waals surface area contributed by atoms with Gasteiger partial charge in [0.1, 0.15) is 5.82 Å². The van der Waals surface area contributed by atoms with Crippen LogP contribution in [0.1, 0.15) is 24.8 Å². The molecule has 1 aliphatic heterocycles. The Bertz CT molecular complexity index is 615. The number of piperidine rings is 1. The molecule has 1 atom stereocenters. The van der Waals surface area contributed by atoms with Crippen LogP contribution in [-0.2, 0) is 11.2 Å². The molecule has 1 aliphatic rings. The highest BCUT2D eigenvalue weighted by Gasteiger charge is 2.21. The number of anilines is 1. The Hall–Kier alpha value is -2.36. The van der Waals surface area contributed by atoms with E-state index in [9.17, 15) is 4.79 Å². The number of aromatic nitrogens is 1. The Labute approximate surface area is 137 Å². The predicted octanol–water partition coefficient (Wildman–Crippen LogP) is 2.80. The van der Waals surface area contributed by atoms with Crippen molar-refractivity contribution in [1.82, 2.24) is 10.3 Å². The number of aryl methyl sites for hydroxylation is 1. The topological polar surface area (TPSA) is 45.2 Å². The lowest BCUT2D eigenvalue weighted by molar-refractivity contribution is -0.121. The van der Waals surface area contributed by atoms with Crippen LogP contribution in [-0.4, -0.2) is 30.0 Å². The lowest BCUT2D eigenvalue weighted by atomic mass is 10.0. The fourth-order valence-corrected chi connectivity index (χ4v) is 3.05. The number of carbonyl (C=O) groups excluding carboxylic acids is 1. The van der Waals surface area contributed by atoms with E-state index < -0.39 is 0 Å². The van der Waals surface area contributed by atoms with E-state index in [1.165, 1.54) is 5.56 Å². The van der Waals surface area contributed by atoms with E-state index >= 15 is 0 Å². The molecule has 1 N–H and O–H groups in total. The van der Waals surface area contributed by atoms with E-state index in [1.54, 1.807) is 0 Å². The Kier molecular flexibility index (Phi) is 5.25. The van der Waals surface area contributed by atoms with Crippen molar-refractivity contribution in [1.29, 1.82) is 0 Å². The van der Waals surface area contributed by atoms with Crippen molar-refractivity contribution in [3.05, 3.63) is 60.3 Å². The number of nitrogens with zero attached hydrogens (tertiary/aromatic N) is 2. The van der Waals surface area contributed by atoms with Crippen LogP contribution in [0, 0.1) is 0 Å². The van der Waals surface area contributed by atoms with E-state index in [1.807, 2.05) is 42.6 Å². The molecule has 1 aromatic heterocycles. The van der Waals surface area contributed by atoms with E-state index in [0.717, 1.165) is 38.2 Å². The minimum atomic E-state index is 0.140. The summed E-state index contributed by atoms with van der Waals surface area (Å²) in [5.74, 6) is 1.14. The summed E-state index contributed by atoms with van der Waals surface area (Å²) in [6.45, 7) is 1.85. The van der Waals surface area contributed by atoms with Gasteiger partial charge in [0.15, 0.2) is 0 Å². The molecule has 0 radical (unpaired) electrons.